The molecule has 0 aliphatic rings. The van der Waals surface area contributed by atoms with Crippen molar-refractivity contribution in [2.75, 3.05) is 19.5 Å². The van der Waals surface area contributed by atoms with E-state index >= 15 is 0 Å². The SMILES string of the molecule is COc1ccc(C(=O)Nc2ccc(C)c([N+](=O)[O-])c2)cc1S(=O)(=O)N(C)Cc1ccccc1. The van der Waals surface area contributed by atoms with Crippen molar-refractivity contribution in [2.45, 2.75) is 18.4 Å². The van der Waals surface area contributed by atoms with Crippen molar-refractivity contribution >= 4 is 27.3 Å². The van der Waals surface area contributed by atoms with Gasteiger partial charge in [-0.3, -0.25) is 14.9 Å². The molecular weight excluding hydrogens is 446 g/mol. The summed E-state index contributed by atoms with van der Waals surface area (Å²) in [6, 6.07) is 17.5. The number of hydrogen-bond donors (Lipinski definition) is 1. The monoisotopic (exact) mass is 469 g/mol. The zero-order chi connectivity index (χ0) is 24.2. The molecule has 0 spiro atoms. The second kappa shape index (κ2) is 9.80. The number of nitro benzene ring substituents is 1. The molecule has 1 N–H and O–H groups in total. The summed E-state index contributed by atoms with van der Waals surface area (Å²) in [6.45, 7) is 1.73. The molecule has 0 heterocycles. The van der Waals surface area contributed by atoms with Crippen LogP contribution in [0.15, 0.2) is 71.6 Å². The largest absolute Gasteiger partial charge is 0.495 e. The Morgan fingerprint density at radius 2 is 1.79 bits per heavy atom. The van der Waals surface area contributed by atoms with E-state index in [2.05, 4.69) is 5.32 Å². The van der Waals surface area contributed by atoms with Crippen molar-refractivity contribution in [3.8, 4) is 5.75 Å². The van der Waals surface area contributed by atoms with Crippen LogP contribution in [0.3, 0.4) is 0 Å². The lowest BCUT2D eigenvalue weighted by Gasteiger charge is -2.19. The lowest BCUT2D eigenvalue weighted by atomic mass is 10.1. The number of sulfonamides is 1. The minimum absolute atomic E-state index is 0.0608. The average molecular weight is 470 g/mol. The number of carbonyl (C=O) groups is 1. The van der Waals surface area contributed by atoms with Gasteiger partial charge in [0, 0.05) is 36.5 Å². The van der Waals surface area contributed by atoms with Crippen molar-refractivity contribution in [2.24, 2.45) is 0 Å². The highest BCUT2D eigenvalue weighted by Crippen LogP contribution is 2.29. The van der Waals surface area contributed by atoms with Gasteiger partial charge in [0.15, 0.2) is 0 Å². The molecule has 1 amide bonds. The second-order valence-electron chi connectivity index (χ2n) is 7.32. The third-order valence-electron chi connectivity index (χ3n) is 5.03. The van der Waals surface area contributed by atoms with Crippen LogP contribution in [0, 0.1) is 17.0 Å². The molecule has 0 unspecified atom stereocenters. The molecule has 0 fully saturated rings. The molecule has 0 saturated carbocycles. The molecule has 33 heavy (non-hydrogen) atoms. The Kier molecular flexibility index (Phi) is 7.10. The molecule has 3 rings (SSSR count). The van der Waals surface area contributed by atoms with Crippen LogP contribution in [-0.2, 0) is 16.6 Å². The number of benzene rings is 3. The Morgan fingerprint density at radius 1 is 1.09 bits per heavy atom. The molecule has 10 heteroatoms. The molecule has 0 saturated heterocycles. The first kappa shape index (κ1) is 23.9. The Balaban J connectivity index is 1.91. The van der Waals surface area contributed by atoms with Gasteiger partial charge in [-0.25, -0.2) is 8.42 Å². The summed E-state index contributed by atoms with van der Waals surface area (Å²) in [5.74, 6) is -0.518. The highest BCUT2D eigenvalue weighted by Gasteiger charge is 2.26. The van der Waals surface area contributed by atoms with Gasteiger partial charge in [0.1, 0.15) is 10.6 Å². The number of amides is 1. The first-order chi connectivity index (χ1) is 15.6. The number of hydrogen-bond acceptors (Lipinski definition) is 6. The molecule has 0 aliphatic heterocycles. The quantitative estimate of drug-likeness (QED) is 0.394. The van der Waals surface area contributed by atoms with Crippen LogP contribution in [-0.4, -0.2) is 37.7 Å². The summed E-state index contributed by atoms with van der Waals surface area (Å²) < 4.78 is 32.9. The predicted octanol–water partition coefficient (Wildman–Crippen LogP) is 3.98. The van der Waals surface area contributed by atoms with E-state index in [0.717, 1.165) is 5.56 Å². The minimum Gasteiger partial charge on any atom is -0.495 e. The molecule has 0 atom stereocenters. The maximum absolute atomic E-state index is 13.2. The number of carbonyl (C=O) groups excluding carboxylic acids is 1. The van der Waals surface area contributed by atoms with E-state index in [1.165, 1.54) is 54.9 Å². The first-order valence-electron chi connectivity index (χ1n) is 9.88. The van der Waals surface area contributed by atoms with Crippen molar-refractivity contribution in [3.05, 3.63) is 93.5 Å². The highest BCUT2D eigenvalue weighted by atomic mass is 32.2. The van der Waals surface area contributed by atoms with Crippen molar-refractivity contribution in [1.29, 1.82) is 0 Å². The number of aryl methyl sites for hydroxylation is 1. The molecular formula is C23H23N3O6S. The van der Waals surface area contributed by atoms with Gasteiger partial charge in [-0.2, -0.15) is 4.31 Å². The zero-order valence-corrected chi connectivity index (χ0v) is 19.1. The summed E-state index contributed by atoms with van der Waals surface area (Å²) in [5, 5.41) is 13.7. The summed E-state index contributed by atoms with van der Waals surface area (Å²) in [5.41, 5.74) is 1.41. The van der Waals surface area contributed by atoms with Crippen LogP contribution >= 0.6 is 0 Å². The van der Waals surface area contributed by atoms with E-state index in [1.54, 1.807) is 6.92 Å². The Labute approximate surface area is 191 Å². The number of methoxy groups -OCH3 is 1. The van der Waals surface area contributed by atoms with E-state index in [-0.39, 0.29) is 34.1 Å². The lowest BCUT2D eigenvalue weighted by Crippen LogP contribution is -2.27. The number of nitro groups is 1. The Bertz CT molecular complexity index is 1290. The minimum atomic E-state index is -3.99. The summed E-state index contributed by atoms with van der Waals surface area (Å²) in [4.78, 5) is 23.3. The van der Waals surface area contributed by atoms with E-state index in [0.29, 0.717) is 5.56 Å². The molecule has 3 aromatic carbocycles. The van der Waals surface area contributed by atoms with Crippen LogP contribution in [0.4, 0.5) is 11.4 Å². The van der Waals surface area contributed by atoms with Crippen LogP contribution < -0.4 is 10.1 Å². The number of ether oxygens (including phenoxy) is 1. The van der Waals surface area contributed by atoms with Gasteiger partial charge in [-0.1, -0.05) is 36.4 Å². The number of anilines is 1. The van der Waals surface area contributed by atoms with Gasteiger partial charge in [0.25, 0.3) is 11.6 Å². The topological polar surface area (TPSA) is 119 Å². The van der Waals surface area contributed by atoms with Crippen LogP contribution in [0.25, 0.3) is 0 Å². The molecule has 172 valence electrons. The van der Waals surface area contributed by atoms with Gasteiger partial charge >= 0.3 is 0 Å². The van der Waals surface area contributed by atoms with Crippen molar-refractivity contribution < 1.29 is 22.9 Å². The number of rotatable bonds is 8. The maximum Gasteiger partial charge on any atom is 0.274 e. The average Bonchev–Trinajstić information content (AvgIpc) is 2.80. The van der Waals surface area contributed by atoms with Gasteiger partial charge in [-0.15, -0.1) is 0 Å². The normalized spacial score (nSPS) is 11.3. The fourth-order valence-corrected chi connectivity index (χ4v) is 4.54. The number of nitrogens with zero attached hydrogens (tertiary/aromatic N) is 2. The first-order valence-corrected chi connectivity index (χ1v) is 11.3. The van der Waals surface area contributed by atoms with Crippen LogP contribution in [0.1, 0.15) is 21.5 Å². The molecule has 0 radical (unpaired) electrons. The Hall–Kier alpha value is -3.76. The van der Waals surface area contributed by atoms with E-state index < -0.39 is 20.9 Å². The van der Waals surface area contributed by atoms with E-state index in [9.17, 15) is 23.3 Å². The van der Waals surface area contributed by atoms with Crippen LogP contribution in [0.5, 0.6) is 5.75 Å². The van der Waals surface area contributed by atoms with E-state index in [4.69, 9.17) is 4.74 Å². The van der Waals surface area contributed by atoms with Crippen molar-refractivity contribution in [1.82, 2.24) is 4.31 Å². The van der Waals surface area contributed by atoms with E-state index in [1.807, 2.05) is 30.3 Å². The molecule has 3 aromatic rings. The third-order valence-corrected chi connectivity index (χ3v) is 6.85. The van der Waals surface area contributed by atoms with Gasteiger partial charge in [0.2, 0.25) is 10.0 Å². The molecule has 0 aliphatic carbocycles. The third kappa shape index (κ3) is 5.36. The standard InChI is InChI=1S/C23H23N3O6S/c1-16-9-11-19(14-20(16)26(28)29)24-23(27)18-10-12-21(32-3)22(13-18)33(30,31)25(2)15-17-7-5-4-6-8-17/h4-14H,15H2,1-3H3,(H,24,27). The van der Waals surface area contributed by atoms with Gasteiger partial charge in [0.05, 0.1) is 12.0 Å². The summed E-state index contributed by atoms with van der Waals surface area (Å²) in [7, 11) is -1.20. The molecule has 0 bridgehead atoms. The maximum atomic E-state index is 13.2. The van der Waals surface area contributed by atoms with Gasteiger partial charge < -0.3 is 10.1 Å². The van der Waals surface area contributed by atoms with Crippen LogP contribution in [0.2, 0.25) is 0 Å². The smallest absolute Gasteiger partial charge is 0.274 e. The summed E-state index contributed by atoms with van der Waals surface area (Å²) >= 11 is 0. The fourth-order valence-electron chi connectivity index (χ4n) is 3.20. The van der Waals surface area contributed by atoms with Gasteiger partial charge in [-0.05, 0) is 36.8 Å². The Morgan fingerprint density at radius 3 is 2.42 bits per heavy atom. The lowest BCUT2D eigenvalue weighted by molar-refractivity contribution is -0.385. The summed E-state index contributed by atoms with van der Waals surface area (Å²) in [6.07, 6.45) is 0. The predicted molar refractivity (Wildman–Crippen MR) is 124 cm³/mol. The van der Waals surface area contributed by atoms with Crippen molar-refractivity contribution in [3.63, 3.8) is 0 Å². The molecule has 0 aromatic heterocycles. The fraction of sp³-hybridized carbons (Fsp3) is 0.174. The number of nitrogens with one attached hydrogen (secondary N) is 1. The molecule has 9 nitrogen and oxygen atoms in total. The second-order valence-corrected chi connectivity index (χ2v) is 9.34. The highest BCUT2D eigenvalue weighted by molar-refractivity contribution is 7.89. The zero-order valence-electron chi connectivity index (χ0n) is 18.3.